The van der Waals surface area contributed by atoms with Crippen molar-refractivity contribution in [1.29, 1.82) is 0 Å². The highest BCUT2D eigenvalue weighted by Gasteiger charge is 2.29. The zero-order valence-corrected chi connectivity index (χ0v) is 20.3. The number of carbonyl (C=O) groups is 2. The minimum absolute atomic E-state index is 0.0827. The van der Waals surface area contributed by atoms with Gasteiger partial charge in [-0.3, -0.25) is 14.7 Å². The topological polar surface area (TPSA) is 98.1 Å². The summed E-state index contributed by atoms with van der Waals surface area (Å²) in [7, 11) is 1.64. The monoisotopic (exact) mass is 459 g/mol. The number of thioether (sulfide) groups is 1. The summed E-state index contributed by atoms with van der Waals surface area (Å²) in [5, 5.41) is 14.7. The second kappa shape index (κ2) is 10.4. The molecule has 1 fully saturated rings. The Hall–Kier alpha value is -2.55. The highest BCUT2D eigenvalue weighted by Crippen LogP contribution is 2.39. The van der Waals surface area contributed by atoms with Crippen molar-refractivity contribution in [2.24, 2.45) is 5.92 Å². The number of ether oxygens (including phenoxy) is 1. The molecular weight excluding hydrogens is 426 g/mol. The van der Waals surface area contributed by atoms with Gasteiger partial charge >= 0.3 is 6.03 Å². The van der Waals surface area contributed by atoms with Crippen LogP contribution in [0.2, 0.25) is 0 Å². The number of urea groups is 1. The first-order valence-electron chi connectivity index (χ1n) is 11.0. The molecule has 1 aromatic heterocycles. The van der Waals surface area contributed by atoms with Crippen molar-refractivity contribution >= 4 is 23.7 Å². The molecule has 1 saturated carbocycles. The highest BCUT2D eigenvalue weighted by molar-refractivity contribution is 7.99. The highest BCUT2D eigenvalue weighted by atomic mass is 32.2. The summed E-state index contributed by atoms with van der Waals surface area (Å²) in [5.41, 5.74) is 0.541. The van der Waals surface area contributed by atoms with E-state index in [4.69, 9.17) is 4.74 Å². The molecule has 0 unspecified atom stereocenters. The second-order valence-corrected chi connectivity index (χ2v) is 10.2. The smallest absolute Gasteiger partial charge is 0.321 e. The van der Waals surface area contributed by atoms with Crippen molar-refractivity contribution in [3.8, 4) is 17.1 Å². The van der Waals surface area contributed by atoms with Gasteiger partial charge in [0.15, 0.2) is 11.0 Å². The third-order valence-electron chi connectivity index (χ3n) is 5.48. The summed E-state index contributed by atoms with van der Waals surface area (Å²) >= 11 is 1.31. The number of aromatic nitrogens is 3. The summed E-state index contributed by atoms with van der Waals surface area (Å²) in [4.78, 5) is 24.3. The van der Waals surface area contributed by atoms with Gasteiger partial charge in [0, 0.05) is 17.1 Å². The van der Waals surface area contributed by atoms with E-state index >= 15 is 0 Å². The Morgan fingerprint density at radius 3 is 2.47 bits per heavy atom. The quantitative estimate of drug-likeness (QED) is 0.621. The lowest BCUT2D eigenvalue weighted by Gasteiger charge is -2.31. The Kier molecular flexibility index (Phi) is 7.82. The van der Waals surface area contributed by atoms with Crippen LogP contribution in [0.15, 0.2) is 29.4 Å². The molecule has 3 amide bonds. The summed E-state index contributed by atoms with van der Waals surface area (Å²) in [6.07, 6.45) is 4.59. The van der Waals surface area contributed by atoms with Gasteiger partial charge in [-0.05, 0) is 63.8 Å². The molecule has 1 aliphatic rings. The SMILES string of the molecule is COc1ccc(-c2nnc(SCC(=O)NC(=O)NC(C)(C)C)n2[C@@H]2CCCC[C@@H]2C)cc1. The maximum atomic E-state index is 12.3. The second-order valence-electron chi connectivity index (χ2n) is 9.27. The Balaban J connectivity index is 1.80. The molecule has 174 valence electrons. The average molecular weight is 460 g/mol. The number of hydrogen-bond acceptors (Lipinski definition) is 6. The number of amides is 3. The molecule has 8 nitrogen and oxygen atoms in total. The van der Waals surface area contributed by atoms with E-state index in [-0.39, 0.29) is 17.7 Å². The molecule has 2 atom stereocenters. The van der Waals surface area contributed by atoms with Crippen LogP contribution in [-0.2, 0) is 4.79 Å². The molecule has 0 bridgehead atoms. The fourth-order valence-electron chi connectivity index (χ4n) is 3.96. The molecule has 1 heterocycles. The van der Waals surface area contributed by atoms with Gasteiger partial charge in [-0.15, -0.1) is 10.2 Å². The normalized spacial score (nSPS) is 18.8. The van der Waals surface area contributed by atoms with E-state index in [9.17, 15) is 9.59 Å². The predicted molar refractivity (Wildman–Crippen MR) is 126 cm³/mol. The van der Waals surface area contributed by atoms with Gasteiger partial charge in [-0.1, -0.05) is 31.5 Å². The fourth-order valence-corrected chi connectivity index (χ4v) is 4.75. The minimum Gasteiger partial charge on any atom is -0.497 e. The van der Waals surface area contributed by atoms with Crippen LogP contribution in [0.1, 0.15) is 59.4 Å². The summed E-state index contributed by atoms with van der Waals surface area (Å²) < 4.78 is 7.46. The van der Waals surface area contributed by atoms with E-state index in [1.807, 2.05) is 45.0 Å². The lowest BCUT2D eigenvalue weighted by molar-refractivity contribution is -0.117. The van der Waals surface area contributed by atoms with Crippen LogP contribution in [0.4, 0.5) is 4.79 Å². The van der Waals surface area contributed by atoms with Crippen LogP contribution >= 0.6 is 11.8 Å². The molecule has 32 heavy (non-hydrogen) atoms. The molecule has 1 aliphatic carbocycles. The van der Waals surface area contributed by atoms with Gasteiger partial charge in [0.1, 0.15) is 5.75 Å². The molecular formula is C23H33N5O3S. The van der Waals surface area contributed by atoms with Crippen LogP contribution in [0.5, 0.6) is 5.75 Å². The molecule has 2 N–H and O–H groups in total. The molecule has 3 rings (SSSR count). The summed E-state index contributed by atoms with van der Waals surface area (Å²) in [6.45, 7) is 7.85. The van der Waals surface area contributed by atoms with Crippen molar-refractivity contribution < 1.29 is 14.3 Å². The molecule has 0 saturated heterocycles. The molecule has 0 aliphatic heterocycles. The van der Waals surface area contributed by atoms with Gasteiger partial charge in [0.2, 0.25) is 5.91 Å². The van der Waals surface area contributed by atoms with Crippen molar-refractivity contribution in [3.63, 3.8) is 0 Å². The molecule has 9 heteroatoms. The van der Waals surface area contributed by atoms with E-state index < -0.39 is 11.6 Å². The van der Waals surface area contributed by atoms with Gasteiger partial charge in [0.25, 0.3) is 0 Å². The number of nitrogens with one attached hydrogen (secondary N) is 2. The zero-order valence-electron chi connectivity index (χ0n) is 19.5. The number of imide groups is 1. The van der Waals surface area contributed by atoms with Crippen molar-refractivity contribution in [1.82, 2.24) is 25.4 Å². The van der Waals surface area contributed by atoms with Gasteiger partial charge in [-0.25, -0.2) is 4.79 Å². The molecule has 1 aromatic carbocycles. The Morgan fingerprint density at radius 1 is 1.16 bits per heavy atom. The van der Waals surface area contributed by atoms with Crippen molar-refractivity contribution in [2.45, 2.75) is 70.1 Å². The number of benzene rings is 1. The van der Waals surface area contributed by atoms with E-state index in [0.29, 0.717) is 11.1 Å². The lowest BCUT2D eigenvalue weighted by atomic mass is 9.85. The zero-order chi connectivity index (χ0) is 23.3. The number of methoxy groups -OCH3 is 1. The van der Waals surface area contributed by atoms with Gasteiger partial charge < -0.3 is 10.1 Å². The Labute approximate surface area is 193 Å². The minimum atomic E-state index is -0.496. The van der Waals surface area contributed by atoms with Crippen LogP contribution in [0, 0.1) is 5.92 Å². The predicted octanol–water partition coefficient (Wildman–Crippen LogP) is 4.42. The molecule has 0 radical (unpaired) electrons. The summed E-state index contributed by atoms with van der Waals surface area (Å²) in [5.74, 6) is 1.78. The largest absolute Gasteiger partial charge is 0.497 e. The fraction of sp³-hybridized carbons (Fsp3) is 0.565. The molecule has 2 aromatic rings. The van der Waals surface area contributed by atoms with E-state index in [1.165, 1.54) is 18.2 Å². The molecule has 0 spiro atoms. The first kappa shape index (κ1) is 24.1. The van der Waals surface area contributed by atoms with E-state index in [1.54, 1.807) is 7.11 Å². The number of hydrogen-bond donors (Lipinski definition) is 2. The number of nitrogens with zero attached hydrogens (tertiary/aromatic N) is 3. The average Bonchev–Trinajstić information content (AvgIpc) is 3.15. The Bertz CT molecular complexity index is 936. The standard InChI is InChI=1S/C23H33N5O3S/c1-15-8-6-7-9-18(15)28-20(16-10-12-17(31-5)13-11-16)26-27-22(28)32-14-19(29)24-21(30)25-23(2,3)4/h10-13,15,18H,6-9,14H2,1-5H3,(H2,24,25,29,30)/t15-,18+/m0/s1. The lowest BCUT2D eigenvalue weighted by Crippen LogP contribution is -2.48. The van der Waals surface area contributed by atoms with E-state index in [2.05, 4.69) is 32.3 Å². The first-order chi connectivity index (χ1) is 15.2. The first-order valence-corrected chi connectivity index (χ1v) is 12.0. The third kappa shape index (κ3) is 6.25. The maximum absolute atomic E-state index is 12.3. The Morgan fingerprint density at radius 2 is 1.84 bits per heavy atom. The third-order valence-corrected chi connectivity index (χ3v) is 6.43. The number of carbonyl (C=O) groups excluding carboxylic acids is 2. The van der Waals surface area contributed by atoms with Crippen LogP contribution < -0.4 is 15.4 Å². The van der Waals surface area contributed by atoms with Crippen LogP contribution in [-0.4, -0.2) is 45.1 Å². The van der Waals surface area contributed by atoms with Crippen LogP contribution in [0.3, 0.4) is 0 Å². The summed E-state index contributed by atoms with van der Waals surface area (Å²) in [6, 6.07) is 7.55. The van der Waals surface area contributed by atoms with E-state index in [0.717, 1.165) is 36.4 Å². The number of rotatable bonds is 6. The van der Waals surface area contributed by atoms with Crippen LogP contribution in [0.25, 0.3) is 11.4 Å². The van der Waals surface area contributed by atoms with Gasteiger partial charge in [-0.2, -0.15) is 0 Å². The van der Waals surface area contributed by atoms with Gasteiger partial charge in [0.05, 0.1) is 12.9 Å². The van der Waals surface area contributed by atoms with Crippen molar-refractivity contribution in [2.75, 3.05) is 12.9 Å². The van der Waals surface area contributed by atoms with Crippen molar-refractivity contribution in [3.05, 3.63) is 24.3 Å². The maximum Gasteiger partial charge on any atom is 0.321 e.